The number of carbonyl (C=O) groups is 1. The van der Waals surface area contributed by atoms with Gasteiger partial charge >= 0.3 is 0 Å². The van der Waals surface area contributed by atoms with Crippen LogP contribution in [0.1, 0.15) is 10.4 Å². The Morgan fingerprint density at radius 1 is 1.53 bits per heavy atom. The van der Waals surface area contributed by atoms with E-state index in [1.807, 2.05) is 10.8 Å². The third-order valence-corrected chi connectivity index (χ3v) is 2.87. The quantitative estimate of drug-likeness (QED) is 0.868. The van der Waals surface area contributed by atoms with Crippen molar-refractivity contribution in [2.24, 2.45) is 0 Å². The molecule has 6 nitrogen and oxygen atoms in total. The number of nitrogens with one attached hydrogen (secondary N) is 2. The lowest BCUT2D eigenvalue weighted by Gasteiger charge is -2.08. The smallest absolute Gasteiger partial charge is 0.253 e. The van der Waals surface area contributed by atoms with Crippen LogP contribution in [0, 0.1) is 0 Å². The van der Waals surface area contributed by atoms with Gasteiger partial charge in [-0.25, -0.2) is 9.97 Å². The topological polar surface area (TPSA) is 71.8 Å². The average molecular weight is 280 g/mol. The Morgan fingerprint density at radius 2 is 2.37 bits per heavy atom. The molecule has 0 saturated heterocycles. The van der Waals surface area contributed by atoms with E-state index in [-0.39, 0.29) is 5.91 Å². The molecule has 0 aliphatic rings. The Hall–Kier alpha value is -2.08. The minimum absolute atomic E-state index is 0.219. The van der Waals surface area contributed by atoms with Crippen molar-refractivity contribution in [2.75, 3.05) is 18.9 Å². The summed E-state index contributed by atoms with van der Waals surface area (Å²) in [6, 6.07) is 1.62. The van der Waals surface area contributed by atoms with Gasteiger partial charge in [-0.15, -0.1) is 0 Å². The second-order valence-electron chi connectivity index (χ2n) is 3.86. The van der Waals surface area contributed by atoms with E-state index in [1.165, 1.54) is 6.20 Å². The lowest BCUT2D eigenvalue weighted by atomic mass is 10.2. The van der Waals surface area contributed by atoms with Gasteiger partial charge in [0.15, 0.2) is 0 Å². The summed E-state index contributed by atoms with van der Waals surface area (Å²) in [7, 11) is 1.73. The lowest BCUT2D eigenvalue weighted by Crippen LogP contribution is -2.27. The summed E-state index contributed by atoms with van der Waals surface area (Å²) in [5.74, 6) is 0.383. The van der Waals surface area contributed by atoms with E-state index < -0.39 is 0 Å². The van der Waals surface area contributed by atoms with Crippen LogP contribution >= 0.6 is 11.6 Å². The van der Waals surface area contributed by atoms with Crippen LogP contribution in [0.4, 0.5) is 5.82 Å². The fourth-order valence-electron chi connectivity index (χ4n) is 1.56. The molecule has 19 heavy (non-hydrogen) atoms. The zero-order chi connectivity index (χ0) is 13.7. The highest BCUT2D eigenvalue weighted by Gasteiger charge is 2.11. The summed E-state index contributed by atoms with van der Waals surface area (Å²) < 4.78 is 1.88. The van der Waals surface area contributed by atoms with Crippen LogP contribution in [-0.2, 0) is 6.54 Å². The molecule has 2 heterocycles. The van der Waals surface area contributed by atoms with E-state index in [0.29, 0.717) is 29.5 Å². The number of imidazole rings is 1. The zero-order valence-corrected chi connectivity index (χ0v) is 11.2. The van der Waals surface area contributed by atoms with Gasteiger partial charge in [0.2, 0.25) is 0 Å². The van der Waals surface area contributed by atoms with Crippen molar-refractivity contribution in [2.45, 2.75) is 6.54 Å². The van der Waals surface area contributed by atoms with E-state index in [9.17, 15) is 4.79 Å². The second kappa shape index (κ2) is 6.19. The Morgan fingerprint density at radius 3 is 3.05 bits per heavy atom. The summed E-state index contributed by atoms with van der Waals surface area (Å²) in [6.07, 6.45) is 6.69. The first kappa shape index (κ1) is 13.4. The predicted octanol–water partition coefficient (Wildman–Crippen LogP) is 1.40. The Balaban J connectivity index is 1.95. The van der Waals surface area contributed by atoms with Crippen LogP contribution in [0.25, 0.3) is 0 Å². The number of hydrogen-bond donors (Lipinski definition) is 2. The molecule has 0 saturated carbocycles. The third-order valence-electron chi connectivity index (χ3n) is 2.57. The highest BCUT2D eigenvalue weighted by atomic mass is 35.5. The maximum Gasteiger partial charge on any atom is 0.253 e. The normalized spacial score (nSPS) is 10.2. The monoisotopic (exact) mass is 279 g/mol. The first-order valence-electron chi connectivity index (χ1n) is 5.78. The number of halogens is 1. The minimum atomic E-state index is -0.219. The van der Waals surface area contributed by atoms with Crippen LogP contribution < -0.4 is 10.6 Å². The maximum absolute atomic E-state index is 12.0. The number of amides is 1. The molecule has 100 valence electrons. The van der Waals surface area contributed by atoms with Crippen molar-refractivity contribution in [1.29, 1.82) is 0 Å². The van der Waals surface area contributed by atoms with Crippen LogP contribution in [0.5, 0.6) is 0 Å². The Bertz CT molecular complexity index is 555. The number of carbonyl (C=O) groups excluding carboxylic acids is 1. The Labute approximate surface area is 115 Å². The maximum atomic E-state index is 12.0. The predicted molar refractivity (Wildman–Crippen MR) is 73.4 cm³/mol. The van der Waals surface area contributed by atoms with Gasteiger partial charge in [-0.3, -0.25) is 4.79 Å². The molecular formula is C12H14ClN5O. The van der Waals surface area contributed by atoms with Crippen molar-refractivity contribution in [3.05, 3.63) is 41.6 Å². The minimum Gasteiger partial charge on any atom is -0.373 e. The van der Waals surface area contributed by atoms with Crippen molar-refractivity contribution >= 4 is 23.3 Å². The first-order chi connectivity index (χ1) is 9.20. The summed E-state index contributed by atoms with van der Waals surface area (Å²) in [4.78, 5) is 19.9. The van der Waals surface area contributed by atoms with Crippen molar-refractivity contribution in [3.63, 3.8) is 0 Å². The summed E-state index contributed by atoms with van der Waals surface area (Å²) in [5.41, 5.74) is 0.409. The van der Waals surface area contributed by atoms with Gasteiger partial charge in [0, 0.05) is 38.7 Å². The summed E-state index contributed by atoms with van der Waals surface area (Å²) >= 11 is 5.96. The van der Waals surface area contributed by atoms with Crippen molar-refractivity contribution in [1.82, 2.24) is 19.9 Å². The van der Waals surface area contributed by atoms with E-state index in [0.717, 1.165) is 0 Å². The Kier molecular flexibility index (Phi) is 4.35. The molecule has 0 spiro atoms. The molecule has 2 N–H and O–H groups in total. The fraction of sp³-hybridized carbons (Fsp3) is 0.250. The highest BCUT2D eigenvalue weighted by molar-refractivity contribution is 6.33. The van der Waals surface area contributed by atoms with E-state index in [2.05, 4.69) is 20.6 Å². The standard InChI is InChI=1S/C12H14ClN5O/c1-14-11-6-9(10(13)7-17-11)12(19)16-3-5-18-4-2-15-8-18/h2,4,6-8H,3,5H2,1H3,(H,14,17)(H,16,19). The van der Waals surface area contributed by atoms with Gasteiger partial charge in [-0.2, -0.15) is 0 Å². The van der Waals surface area contributed by atoms with Crippen LogP contribution in [0.15, 0.2) is 31.0 Å². The summed E-state index contributed by atoms with van der Waals surface area (Å²) in [5, 5.41) is 6.00. The first-order valence-corrected chi connectivity index (χ1v) is 6.15. The van der Waals surface area contributed by atoms with Gasteiger partial charge in [-0.1, -0.05) is 11.6 Å². The van der Waals surface area contributed by atoms with Gasteiger partial charge in [0.05, 0.1) is 16.9 Å². The molecule has 2 rings (SSSR count). The number of hydrogen-bond acceptors (Lipinski definition) is 4. The third kappa shape index (κ3) is 3.45. The molecule has 0 aliphatic heterocycles. The molecule has 7 heteroatoms. The lowest BCUT2D eigenvalue weighted by molar-refractivity contribution is 0.0952. The molecule has 0 aromatic carbocycles. The molecule has 0 aliphatic carbocycles. The molecule has 1 amide bonds. The molecule has 0 fully saturated rings. The summed E-state index contributed by atoms with van der Waals surface area (Å²) in [6.45, 7) is 1.16. The number of aromatic nitrogens is 3. The number of nitrogens with zero attached hydrogens (tertiary/aromatic N) is 3. The van der Waals surface area contributed by atoms with E-state index in [4.69, 9.17) is 11.6 Å². The largest absolute Gasteiger partial charge is 0.373 e. The molecule has 2 aromatic heterocycles. The molecule has 2 aromatic rings. The second-order valence-corrected chi connectivity index (χ2v) is 4.26. The zero-order valence-electron chi connectivity index (χ0n) is 10.4. The van der Waals surface area contributed by atoms with Crippen LogP contribution in [-0.4, -0.2) is 34.0 Å². The average Bonchev–Trinajstić information content (AvgIpc) is 2.92. The highest BCUT2D eigenvalue weighted by Crippen LogP contribution is 2.17. The molecule has 0 radical (unpaired) electrons. The number of anilines is 1. The van der Waals surface area contributed by atoms with Gasteiger partial charge in [-0.05, 0) is 6.07 Å². The van der Waals surface area contributed by atoms with Crippen LogP contribution in [0.3, 0.4) is 0 Å². The molecule has 0 unspecified atom stereocenters. The van der Waals surface area contributed by atoms with Crippen LogP contribution in [0.2, 0.25) is 5.02 Å². The molecular weight excluding hydrogens is 266 g/mol. The fourth-order valence-corrected chi connectivity index (χ4v) is 1.75. The molecule has 0 bridgehead atoms. The van der Waals surface area contributed by atoms with E-state index in [1.54, 1.807) is 25.6 Å². The van der Waals surface area contributed by atoms with E-state index >= 15 is 0 Å². The van der Waals surface area contributed by atoms with Gasteiger partial charge < -0.3 is 15.2 Å². The number of rotatable bonds is 5. The van der Waals surface area contributed by atoms with Crippen molar-refractivity contribution in [3.8, 4) is 0 Å². The number of pyridine rings is 1. The molecule has 0 atom stereocenters. The van der Waals surface area contributed by atoms with Gasteiger partial charge in [0.1, 0.15) is 5.82 Å². The van der Waals surface area contributed by atoms with Crippen molar-refractivity contribution < 1.29 is 4.79 Å². The van der Waals surface area contributed by atoms with Gasteiger partial charge in [0.25, 0.3) is 5.91 Å². The SMILES string of the molecule is CNc1cc(C(=O)NCCn2ccnc2)c(Cl)cn1.